The van der Waals surface area contributed by atoms with E-state index in [0.717, 1.165) is 10.5 Å². The Hall–Kier alpha value is -2.57. The third-order valence-corrected chi connectivity index (χ3v) is 4.18. The lowest BCUT2D eigenvalue weighted by Crippen LogP contribution is -3.11. The van der Waals surface area contributed by atoms with Gasteiger partial charge in [-0.3, -0.25) is 10.1 Å². The van der Waals surface area contributed by atoms with E-state index < -0.39 is 12.1 Å². The molecule has 3 N–H and O–H groups in total. The number of likely N-dealkylation sites (N-methyl/N-ethyl adjacent to an activating group) is 1. The minimum atomic E-state index is -0.527. The highest BCUT2D eigenvalue weighted by molar-refractivity contribution is 6.30. The monoisotopic (exact) mass is 376 g/mol. The summed E-state index contributed by atoms with van der Waals surface area (Å²) >= 11 is 5.86. The van der Waals surface area contributed by atoms with Crippen LogP contribution in [0, 0.1) is 0 Å². The molecule has 0 saturated carbocycles. The fourth-order valence-corrected chi connectivity index (χ4v) is 2.68. The molecule has 26 heavy (non-hydrogen) atoms. The third kappa shape index (κ3) is 5.75. The molecule has 138 valence electrons. The van der Waals surface area contributed by atoms with Crippen molar-refractivity contribution in [1.82, 2.24) is 10.6 Å². The average molecular weight is 377 g/mol. The number of carbonyl (C=O) groups excluding carboxylic acids is 2. The summed E-state index contributed by atoms with van der Waals surface area (Å²) in [4.78, 5) is 25.0. The van der Waals surface area contributed by atoms with E-state index in [9.17, 15) is 9.59 Å². The van der Waals surface area contributed by atoms with Gasteiger partial charge in [-0.15, -0.1) is 0 Å². The Kier molecular flexibility index (Phi) is 7.44. The number of amides is 3. The van der Waals surface area contributed by atoms with Crippen molar-refractivity contribution in [3.8, 4) is 5.75 Å². The lowest BCUT2D eigenvalue weighted by molar-refractivity contribution is -0.902. The second kappa shape index (κ2) is 9.79. The first-order valence-corrected chi connectivity index (χ1v) is 8.67. The maximum absolute atomic E-state index is 12.6. The molecule has 0 saturated heterocycles. The number of nitrogens with one attached hydrogen (secondary N) is 3. The molecule has 3 amide bonds. The van der Waals surface area contributed by atoms with Crippen LogP contribution in [0.1, 0.15) is 11.6 Å². The maximum atomic E-state index is 12.6. The SMILES string of the molecule is CNC(=O)NC(=O)[C@H](c1ccccc1)[NH+](C)CCOc1ccc(Cl)cc1. The molecule has 0 aromatic heterocycles. The third-order valence-electron chi connectivity index (χ3n) is 3.93. The molecular formula is C19H23ClN3O3+. The molecule has 0 heterocycles. The lowest BCUT2D eigenvalue weighted by Gasteiger charge is -2.24. The van der Waals surface area contributed by atoms with Crippen LogP contribution in [0.25, 0.3) is 0 Å². The van der Waals surface area contributed by atoms with Gasteiger partial charge in [-0.05, 0) is 24.3 Å². The number of imide groups is 1. The van der Waals surface area contributed by atoms with Crippen LogP contribution in [-0.2, 0) is 4.79 Å². The highest BCUT2D eigenvalue weighted by Gasteiger charge is 2.30. The minimum Gasteiger partial charge on any atom is -0.488 e. The summed E-state index contributed by atoms with van der Waals surface area (Å²) in [6.07, 6.45) is 0. The van der Waals surface area contributed by atoms with Crippen molar-refractivity contribution in [2.45, 2.75) is 6.04 Å². The smallest absolute Gasteiger partial charge is 0.321 e. The van der Waals surface area contributed by atoms with E-state index in [1.165, 1.54) is 7.05 Å². The zero-order valence-electron chi connectivity index (χ0n) is 14.8. The number of urea groups is 1. The quantitative estimate of drug-likeness (QED) is 0.684. The van der Waals surface area contributed by atoms with Crippen LogP contribution < -0.4 is 20.3 Å². The molecule has 7 heteroatoms. The van der Waals surface area contributed by atoms with Gasteiger partial charge in [0.05, 0.1) is 7.05 Å². The van der Waals surface area contributed by atoms with Gasteiger partial charge in [0.25, 0.3) is 5.91 Å². The minimum absolute atomic E-state index is 0.362. The Morgan fingerprint density at radius 2 is 1.77 bits per heavy atom. The Balaban J connectivity index is 2.02. The molecular weight excluding hydrogens is 354 g/mol. The number of hydrogen-bond donors (Lipinski definition) is 3. The van der Waals surface area contributed by atoms with Crippen LogP contribution in [0.2, 0.25) is 5.02 Å². The molecule has 0 aliphatic carbocycles. The van der Waals surface area contributed by atoms with E-state index >= 15 is 0 Å². The predicted molar refractivity (Wildman–Crippen MR) is 100 cm³/mol. The lowest BCUT2D eigenvalue weighted by atomic mass is 10.0. The second-order valence-corrected chi connectivity index (χ2v) is 6.25. The number of quaternary nitrogens is 1. The maximum Gasteiger partial charge on any atom is 0.321 e. The summed E-state index contributed by atoms with van der Waals surface area (Å²) in [5, 5.41) is 5.40. The van der Waals surface area contributed by atoms with Crippen LogP contribution in [0.4, 0.5) is 4.79 Å². The van der Waals surface area contributed by atoms with Gasteiger partial charge >= 0.3 is 6.03 Å². The molecule has 0 aliphatic heterocycles. The molecule has 0 radical (unpaired) electrons. The van der Waals surface area contributed by atoms with Crippen LogP contribution in [0.5, 0.6) is 5.75 Å². The fraction of sp³-hybridized carbons (Fsp3) is 0.263. The summed E-state index contributed by atoms with van der Waals surface area (Å²) in [5.74, 6) is 0.354. The summed E-state index contributed by atoms with van der Waals surface area (Å²) in [5.41, 5.74) is 0.831. The van der Waals surface area contributed by atoms with E-state index in [1.807, 2.05) is 37.4 Å². The van der Waals surface area contributed by atoms with Gasteiger partial charge in [0.2, 0.25) is 0 Å². The molecule has 2 aromatic rings. The largest absolute Gasteiger partial charge is 0.488 e. The van der Waals surface area contributed by atoms with Gasteiger partial charge in [0.1, 0.15) is 18.9 Å². The molecule has 2 rings (SSSR count). The number of hydrogen-bond acceptors (Lipinski definition) is 3. The first kappa shape index (κ1) is 19.8. The van der Waals surface area contributed by atoms with E-state index in [-0.39, 0.29) is 5.91 Å². The number of ether oxygens (including phenoxy) is 1. The van der Waals surface area contributed by atoms with Crippen molar-refractivity contribution >= 4 is 23.5 Å². The van der Waals surface area contributed by atoms with Crippen LogP contribution in [-0.4, -0.2) is 39.2 Å². The summed E-state index contributed by atoms with van der Waals surface area (Å²) in [7, 11) is 3.36. The van der Waals surface area contributed by atoms with Gasteiger partial charge in [0.15, 0.2) is 6.04 Å². The molecule has 2 aromatic carbocycles. The molecule has 2 atom stereocenters. The Bertz CT molecular complexity index is 723. The summed E-state index contributed by atoms with van der Waals surface area (Å²) in [6, 6.07) is 15.4. The number of benzene rings is 2. The summed E-state index contributed by atoms with van der Waals surface area (Å²) in [6.45, 7) is 0.993. The molecule has 0 fully saturated rings. The second-order valence-electron chi connectivity index (χ2n) is 5.81. The first-order valence-electron chi connectivity index (χ1n) is 8.29. The van der Waals surface area contributed by atoms with Gasteiger partial charge in [-0.2, -0.15) is 0 Å². The van der Waals surface area contributed by atoms with Crippen molar-refractivity contribution in [2.24, 2.45) is 0 Å². The highest BCUT2D eigenvalue weighted by Crippen LogP contribution is 2.15. The van der Waals surface area contributed by atoms with E-state index in [4.69, 9.17) is 16.3 Å². The molecule has 0 aliphatic rings. The highest BCUT2D eigenvalue weighted by atomic mass is 35.5. The van der Waals surface area contributed by atoms with Crippen LogP contribution in [0.3, 0.4) is 0 Å². The fourth-order valence-electron chi connectivity index (χ4n) is 2.56. The normalized spacial score (nSPS) is 12.7. The molecule has 0 bridgehead atoms. The summed E-state index contributed by atoms with van der Waals surface area (Å²) < 4.78 is 5.71. The van der Waals surface area contributed by atoms with E-state index in [2.05, 4.69) is 10.6 Å². The molecule has 0 spiro atoms. The standard InChI is InChI=1S/C19H22ClN3O3/c1-21-19(25)22-18(24)17(14-6-4-3-5-7-14)23(2)12-13-26-16-10-8-15(20)9-11-16/h3-11,17H,12-13H2,1-2H3,(H2,21,22,24,25)/p+1/t17-/m0/s1. The van der Waals surface area contributed by atoms with Crippen LogP contribution >= 0.6 is 11.6 Å². The Morgan fingerprint density at radius 3 is 2.38 bits per heavy atom. The predicted octanol–water partition coefficient (Wildman–Crippen LogP) is 1.43. The van der Waals surface area contributed by atoms with Crippen molar-refractivity contribution in [1.29, 1.82) is 0 Å². The van der Waals surface area contributed by atoms with Gasteiger partial charge in [-0.25, -0.2) is 4.79 Å². The topological polar surface area (TPSA) is 71.9 Å². The van der Waals surface area contributed by atoms with Crippen molar-refractivity contribution in [3.63, 3.8) is 0 Å². The van der Waals surface area contributed by atoms with Crippen molar-refractivity contribution in [2.75, 3.05) is 27.2 Å². The number of rotatable bonds is 7. The van der Waals surface area contributed by atoms with E-state index in [1.54, 1.807) is 24.3 Å². The van der Waals surface area contributed by atoms with Gasteiger partial charge in [-0.1, -0.05) is 41.9 Å². The van der Waals surface area contributed by atoms with Crippen molar-refractivity contribution < 1.29 is 19.2 Å². The zero-order chi connectivity index (χ0) is 18.9. The number of halogens is 1. The molecule has 1 unspecified atom stereocenters. The van der Waals surface area contributed by atoms with Crippen molar-refractivity contribution in [3.05, 3.63) is 65.2 Å². The number of carbonyl (C=O) groups is 2. The van der Waals surface area contributed by atoms with Gasteiger partial charge in [0, 0.05) is 17.6 Å². The Labute approximate surface area is 158 Å². The zero-order valence-corrected chi connectivity index (χ0v) is 15.5. The molecule has 6 nitrogen and oxygen atoms in total. The van der Waals surface area contributed by atoms with Gasteiger partial charge < -0.3 is 15.0 Å². The average Bonchev–Trinajstić information content (AvgIpc) is 2.64. The Morgan fingerprint density at radius 1 is 1.12 bits per heavy atom. The van der Waals surface area contributed by atoms with E-state index in [0.29, 0.717) is 23.9 Å². The van der Waals surface area contributed by atoms with Crippen LogP contribution in [0.15, 0.2) is 54.6 Å². The first-order chi connectivity index (χ1) is 12.5.